The number of rotatable bonds is 4. The van der Waals surface area contributed by atoms with Gasteiger partial charge in [0, 0.05) is 5.39 Å². The molecule has 2 heterocycles. The van der Waals surface area contributed by atoms with Crippen molar-refractivity contribution in [3.63, 3.8) is 0 Å². The van der Waals surface area contributed by atoms with E-state index in [4.69, 9.17) is 4.98 Å². The largest absolute Gasteiger partial charge is 0.357 e. The second kappa shape index (κ2) is 6.09. The lowest BCUT2D eigenvalue weighted by atomic mass is 10.0. The minimum atomic E-state index is -0.409. The molecule has 0 aliphatic rings. The van der Waals surface area contributed by atoms with Crippen molar-refractivity contribution in [1.82, 2.24) is 19.9 Å². The summed E-state index contributed by atoms with van der Waals surface area (Å²) in [6.07, 6.45) is 1.61. The fraction of sp³-hybridized carbons (Fsp3) is 0.286. The van der Waals surface area contributed by atoms with Gasteiger partial charge < -0.3 is 10.3 Å². The Balaban J connectivity index is 1.76. The van der Waals surface area contributed by atoms with Crippen molar-refractivity contribution < 1.29 is 0 Å². The molecular formula is C21H23N5. The zero-order valence-corrected chi connectivity index (χ0v) is 15.5. The van der Waals surface area contributed by atoms with Crippen LogP contribution in [0.4, 0.5) is 5.82 Å². The number of aromatic nitrogens is 4. The molecule has 2 aromatic heterocycles. The van der Waals surface area contributed by atoms with Gasteiger partial charge in [0.15, 0.2) is 0 Å². The lowest BCUT2D eigenvalue weighted by Gasteiger charge is -2.25. The molecule has 0 fully saturated rings. The molecule has 0 amide bonds. The summed E-state index contributed by atoms with van der Waals surface area (Å²) in [5.41, 5.74) is 3.80. The molecular weight excluding hydrogens is 322 g/mol. The van der Waals surface area contributed by atoms with Gasteiger partial charge in [-0.1, -0.05) is 32.0 Å². The molecule has 2 N–H and O–H groups in total. The van der Waals surface area contributed by atoms with Gasteiger partial charge in [0.1, 0.15) is 18.0 Å². The van der Waals surface area contributed by atoms with Gasteiger partial charge in [0.2, 0.25) is 0 Å². The number of hydrogen-bond donors (Lipinski definition) is 2. The monoisotopic (exact) mass is 345 g/mol. The van der Waals surface area contributed by atoms with Crippen LogP contribution in [0.25, 0.3) is 21.9 Å². The van der Waals surface area contributed by atoms with E-state index in [1.807, 2.05) is 24.3 Å². The molecule has 0 radical (unpaired) electrons. The van der Waals surface area contributed by atoms with Crippen molar-refractivity contribution in [2.45, 2.75) is 39.2 Å². The fourth-order valence-electron chi connectivity index (χ4n) is 3.14. The van der Waals surface area contributed by atoms with E-state index in [1.165, 1.54) is 5.56 Å². The summed E-state index contributed by atoms with van der Waals surface area (Å²) in [6, 6.07) is 14.4. The lowest BCUT2D eigenvalue weighted by molar-refractivity contribution is 0.570. The number of hydrogen-bond acceptors (Lipinski definition) is 4. The molecule has 132 valence electrons. The highest BCUT2D eigenvalue weighted by atomic mass is 15.1. The van der Waals surface area contributed by atoms with Gasteiger partial charge in [0.05, 0.1) is 22.1 Å². The minimum absolute atomic E-state index is 0.409. The molecule has 4 rings (SSSR count). The molecule has 0 saturated heterocycles. The number of imidazole rings is 1. The van der Waals surface area contributed by atoms with Crippen molar-refractivity contribution in [2.24, 2.45) is 0 Å². The summed E-state index contributed by atoms with van der Waals surface area (Å²) in [5, 5.41) is 4.59. The molecule has 4 aromatic rings. The van der Waals surface area contributed by atoms with Crippen LogP contribution in [0.2, 0.25) is 0 Å². The summed E-state index contributed by atoms with van der Waals surface area (Å²) in [5.74, 6) is 2.16. The Labute approximate surface area is 152 Å². The molecule has 2 aromatic carbocycles. The second-order valence-corrected chi connectivity index (χ2v) is 7.51. The smallest absolute Gasteiger partial charge is 0.138 e. The van der Waals surface area contributed by atoms with Gasteiger partial charge in [-0.05, 0) is 49.6 Å². The molecule has 0 unspecified atom stereocenters. The van der Waals surface area contributed by atoms with Crippen LogP contribution in [0.1, 0.15) is 45.0 Å². The summed E-state index contributed by atoms with van der Waals surface area (Å²) in [7, 11) is 0. The number of benzene rings is 2. The van der Waals surface area contributed by atoms with Gasteiger partial charge in [0.25, 0.3) is 0 Å². The van der Waals surface area contributed by atoms with Gasteiger partial charge in [-0.3, -0.25) is 0 Å². The van der Waals surface area contributed by atoms with E-state index in [0.717, 1.165) is 33.6 Å². The van der Waals surface area contributed by atoms with Crippen molar-refractivity contribution in [3.05, 3.63) is 60.2 Å². The number of nitrogens with zero attached hydrogens (tertiary/aromatic N) is 3. The summed E-state index contributed by atoms with van der Waals surface area (Å²) in [6.45, 7) is 8.59. The Bertz CT molecular complexity index is 1050. The van der Waals surface area contributed by atoms with Crippen LogP contribution in [0, 0.1) is 0 Å². The third-order valence-electron chi connectivity index (χ3n) is 4.74. The van der Waals surface area contributed by atoms with E-state index in [-0.39, 0.29) is 0 Å². The standard InChI is InChI=1S/C21H23N5/c1-13(2)14-9-10-16-15(11-14)19(23-12-22-16)26-21(3,4)20-24-17-7-5-6-8-18(17)25-20/h5-13H,1-4H3,(H,24,25)(H,22,23,26). The van der Waals surface area contributed by atoms with Crippen LogP contribution in [-0.4, -0.2) is 19.9 Å². The molecule has 0 atom stereocenters. The average Bonchev–Trinajstić information content (AvgIpc) is 3.06. The van der Waals surface area contributed by atoms with Crippen molar-refractivity contribution in [2.75, 3.05) is 5.32 Å². The number of anilines is 1. The Kier molecular flexibility index (Phi) is 3.87. The predicted octanol–water partition coefficient (Wildman–Crippen LogP) is 4.98. The summed E-state index contributed by atoms with van der Waals surface area (Å²) < 4.78 is 0. The number of nitrogens with one attached hydrogen (secondary N) is 2. The quantitative estimate of drug-likeness (QED) is 0.547. The first-order valence-corrected chi connectivity index (χ1v) is 8.92. The van der Waals surface area contributed by atoms with Crippen LogP contribution in [0.15, 0.2) is 48.8 Å². The van der Waals surface area contributed by atoms with Crippen molar-refractivity contribution in [3.8, 4) is 0 Å². The van der Waals surface area contributed by atoms with E-state index in [9.17, 15) is 0 Å². The molecule has 0 bridgehead atoms. The Morgan fingerprint density at radius 2 is 1.81 bits per heavy atom. The first kappa shape index (κ1) is 16.5. The first-order chi connectivity index (χ1) is 12.4. The zero-order valence-electron chi connectivity index (χ0n) is 15.5. The Morgan fingerprint density at radius 3 is 2.58 bits per heavy atom. The Hall–Kier alpha value is -2.95. The maximum Gasteiger partial charge on any atom is 0.138 e. The number of aromatic amines is 1. The lowest BCUT2D eigenvalue weighted by Crippen LogP contribution is -2.30. The summed E-state index contributed by atoms with van der Waals surface area (Å²) >= 11 is 0. The Morgan fingerprint density at radius 1 is 1.00 bits per heavy atom. The number of fused-ring (bicyclic) bond motifs is 2. The van der Waals surface area contributed by atoms with Crippen LogP contribution in [-0.2, 0) is 5.54 Å². The highest BCUT2D eigenvalue weighted by molar-refractivity contribution is 5.89. The van der Waals surface area contributed by atoms with Gasteiger partial charge >= 0.3 is 0 Å². The van der Waals surface area contributed by atoms with Crippen molar-refractivity contribution in [1.29, 1.82) is 0 Å². The molecule has 5 nitrogen and oxygen atoms in total. The van der Waals surface area contributed by atoms with E-state index in [0.29, 0.717) is 5.92 Å². The van der Waals surface area contributed by atoms with Crippen LogP contribution >= 0.6 is 0 Å². The van der Waals surface area contributed by atoms with Crippen molar-refractivity contribution >= 4 is 27.8 Å². The highest BCUT2D eigenvalue weighted by Gasteiger charge is 2.25. The highest BCUT2D eigenvalue weighted by Crippen LogP contribution is 2.29. The number of para-hydroxylation sites is 2. The van der Waals surface area contributed by atoms with Gasteiger partial charge in [-0.25, -0.2) is 15.0 Å². The van der Waals surface area contributed by atoms with Crippen LogP contribution in [0.5, 0.6) is 0 Å². The van der Waals surface area contributed by atoms with Crippen LogP contribution in [0.3, 0.4) is 0 Å². The van der Waals surface area contributed by atoms with E-state index in [1.54, 1.807) is 6.33 Å². The van der Waals surface area contributed by atoms with E-state index >= 15 is 0 Å². The SMILES string of the molecule is CC(C)c1ccc2ncnc(NC(C)(C)c3nc4ccccc4[nH]3)c2c1. The fourth-order valence-corrected chi connectivity index (χ4v) is 3.14. The number of H-pyrrole nitrogens is 1. The van der Waals surface area contributed by atoms with Crippen LogP contribution < -0.4 is 5.32 Å². The molecule has 0 aliphatic carbocycles. The molecule has 0 saturated carbocycles. The van der Waals surface area contributed by atoms with Gasteiger partial charge in [-0.15, -0.1) is 0 Å². The summed E-state index contributed by atoms with van der Waals surface area (Å²) in [4.78, 5) is 17.1. The topological polar surface area (TPSA) is 66.5 Å². The maximum absolute atomic E-state index is 4.74. The third-order valence-corrected chi connectivity index (χ3v) is 4.74. The molecule has 26 heavy (non-hydrogen) atoms. The molecule has 5 heteroatoms. The maximum atomic E-state index is 4.74. The van der Waals surface area contributed by atoms with E-state index < -0.39 is 5.54 Å². The molecule has 0 spiro atoms. The minimum Gasteiger partial charge on any atom is -0.357 e. The average molecular weight is 345 g/mol. The first-order valence-electron chi connectivity index (χ1n) is 8.92. The molecule has 0 aliphatic heterocycles. The third kappa shape index (κ3) is 2.90. The second-order valence-electron chi connectivity index (χ2n) is 7.51. The van der Waals surface area contributed by atoms with Gasteiger partial charge in [-0.2, -0.15) is 0 Å². The predicted molar refractivity (Wildman–Crippen MR) is 106 cm³/mol. The zero-order chi connectivity index (χ0) is 18.3. The normalized spacial score (nSPS) is 12.2. The van der Waals surface area contributed by atoms with E-state index in [2.05, 4.69) is 66.2 Å².